The first-order valence-corrected chi connectivity index (χ1v) is 5.29. The summed E-state index contributed by atoms with van der Waals surface area (Å²) >= 11 is 4.94. The molecular formula is C2H7ClO6P2Pd. The summed E-state index contributed by atoms with van der Waals surface area (Å²) in [5.41, 5.74) is 0. The fourth-order valence-electron chi connectivity index (χ4n) is 0.0680. The van der Waals surface area contributed by atoms with Crippen molar-refractivity contribution in [3.8, 4) is 0 Å². The molecule has 0 aromatic rings. The van der Waals surface area contributed by atoms with Gasteiger partial charge in [0.2, 0.25) is 0 Å². The Morgan fingerprint density at radius 1 is 1.33 bits per heavy atom. The van der Waals surface area contributed by atoms with Crippen molar-refractivity contribution in [2.75, 3.05) is 12.5 Å². The largest absolute Gasteiger partial charge is 2.00 e. The van der Waals surface area contributed by atoms with Gasteiger partial charge in [-0.25, -0.2) is 0 Å². The molecule has 10 heteroatoms. The summed E-state index contributed by atoms with van der Waals surface area (Å²) in [4.78, 5) is 18.6. The number of aliphatic hydroxyl groups excluding tert-OH is 1. The van der Waals surface area contributed by atoms with Gasteiger partial charge < -0.3 is 24.0 Å². The van der Waals surface area contributed by atoms with E-state index in [1.807, 2.05) is 0 Å². The Labute approximate surface area is 89.4 Å². The molecule has 2 atom stereocenters. The second-order valence-corrected chi connectivity index (χ2v) is 3.21. The van der Waals surface area contributed by atoms with Gasteiger partial charge in [-0.2, -0.15) is 0 Å². The standard InChI is InChI=1S/C2H5ClO.H4O5P2.Pd/c3-1-2-4;1-6(2)5-7(3)4;/h4H,1-2H2;6-7H,(H,1,2)(H,3,4);/q;;+2/p-2. The number of hydrogen-bond donors (Lipinski definition) is 1. The Balaban J connectivity index is -0.000000142. The molecule has 0 fully saturated rings. The number of aliphatic hydroxyl groups is 1. The fraction of sp³-hybridized carbons (Fsp3) is 1.00. The number of halogens is 1. The van der Waals surface area contributed by atoms with Gasteiger partial charge in [-0.15, -0.1) is 11.6 Å². The summed E-state index contributed by atoms with van der Waals surface area (Å²) in [6.07, 6.45) is 0. The van der Waals surface area contributed by atoms with Crippen molar-refractivity contribution in [3.05, 3.63) is 0 Å². The molecule has 0 aliphatic rings. The van der Waals surface area contributed by atoms with Crippen molar-refractivity contribution >= 4 is 28.1 Å². The van der Waals surface area contributed by atoms with E-state index in [4.69, 9.17) is 16.7 Å². The van der Waals surface area contributed by atoms with Crippen molar-refractivity contribution < 1.29 is 48.8 Å². The molecule has 0 rings (SSSR count). The molecule has 0 aromatic carbocycles. The molecule has 6 nitrogen and oxygen atoms in total. The van der Waals surface area contributed by atoms with Gasteiger partial charge >= 0.3 is 20.4 Å². The summed E-state index contributed by atoms with van der Waals surface area (Å²) in [7, 11) is -7.03. The van der Waals surface area contributed by atoms with Crippen LogP contribution in [0.25, 0.3) is 0 Å². The minimum absolute atomic E-state index is 0. The van der Waals surface area contributed by atoms with E-state index in [1.165, 1.54) is 0 Å². The predicted molar refractivity (Wildman–Crippen MR) is 36.9 cm³/mol. The van der Waals surface area contributed by atoms with Crippen molar-refractivity contribution in [2.24, 2.45) is 0 Å². The van der Waals surface area contributed by atoms with Crippen LogP contribution in [0.1, 0.15) is 0 Å². The van der Waals surface area contributed by atoms with Crippen molar-refractivity contribution in [1.29, 1.82) is 0 Å². The number of rotatable bonds is 3. The van der Waals surface area contributed by atoms with Crippen LogP contribution in [0.4, 0.5) is 0 Å². The summed E-state index contributed by atoms with van der Waals surface area (Å²) < 4.78 is 21.8. The van der Waals surface area contributed by atoms with E-state index in [-0.39, 0.29) is 27.0 Å². The van der Waals surface area contributed by atoms with E-state index in [1.54, 1.807) is 0 Å². The topological polar surface area (TPSA) is 110 Å². The second kappa shape index (κ2) is 14.8. The Morgan fingerprint density at radius 2 is 1.58 bits per heavy atom. The van der Waals surface area contributed by atoms with Crippen LogP contribution in [-0.4, -0.2) is 17.6 Å². The van der Waals surface area contributed by atoms with Crippen LogP contribution in [0.3, 0.4) is 0 Å². The normalized spacial score (nSPS) is 13.3. The zero-order valence-electron chi connectivity index (χ0n) is 5.60. The van der Waals surface area contributed by atoms with Crippen LogP contribution in [-0.2, 0) is 33.9 Å². The molecule has 0 aliphatic carbocycles. The predicted octanol–water partition coefficient (Wildman–Crippen LogP) is -1.28. The smallest absolute Gasteiger partial charge is 0.781 e. The molecule has 0 bridgehead atoms. The third kappa shape index (κ3) is 30.3. The molecule has 0 amide bonds. The molecule has 12 heavy (non-hydrogen) atoms. The van der Waals surface area contributed by atoms with Gasteiger partial charge in [0.25, 0.3) is 0 Å². The molecule has 0 aliphatic heterocycles. The summed E-state index contributed by atoms with van der Waals surface area (Å²) in [5.74, 6) is 0.347. The van der Waals surface area contributed by atoms with Crippen LogP contribution in [0.2, 0.25) is 0 Å². The van der Waals surface area contributed by atoms with Gasteiger partial charge in [-0.3, -0.25) is 4.31 Å². The SMILES string of the molecule is O=[PH]([O-])O[PH](=O)[O-].OCCCl.[Pd+2]. The van der Waals surface area contributed by atoms with Gasteiger partial charge in [0, 0.05) is 5.88 Å². The van der Waals surface area contributed by atoms with E-state index < -0.39 is 16.5 Å². The molecule has 0 radical (unpaired) electrons. The van der Waals surface area contributed by atoms with Crippen molar-refractivity contribution in [3.63, 3.8) is 0 Å². The van der Waals surface area contributed by atoms with E-state index in [0.29, 0.717) is 5.88 Å². The van der Waals surface area contributed by atoms with E-state index in [0.717, 1.165) is 0 Å². The summed E-state index contributed by atoms with van der Waals surface area (Å²) in [6.45, 7) is 0.0849. The molecule has 0 aromatic heterocycles. The first-order chi connectivity index (χ1) is 5.04. The Kier molecular flexibility index (Phi) is 23.3. The van der Waals surface area contributed by atoms with Gasteiger partial charge in [0.15, 0.2) is 0 Å². The Hall–Kier alpha value is 1.25. The second-order valence-electron chi connectivity index (χ2n) is 1.01. The minimum Gasteiger partial charge on any atom is -0.781 e. The van der Waals surface area contributed by atoms with Gasteiger partial charge in [-0.05, 0) is 0 Å². The maximum atomic E-state index is 9.29. The molecule has 2 unspecified atom stereocenters. The molecule has 1 N–H and O–H groups in total. The van der Waals surface area contributed by atoms with Gasteiger partial charge in [-0.1, -0.05) is 0 Å². The third-order valence-corrected chi connectivity index (χ3v) is 1.75. The molecule has 0 saturated carbocycles. The van der Waals surface area contributed by atoms with Crippen molar-refractivity contribution in [2.45, 2.75) is 0 Å². The van der Waals surface area contributed by atoms with Crippen LogP contribution in [0.15, 0.2) is 0 Å². The molecular weight excluding hydrogens is 324 g/mol. The quantitative estimate of drug-likeness (QED) is 0.392. The van der Waals surface area contributed by atoms with E-state index >= 15 is 0 Å². The fourth-order valence-corrected chi connectivity index (χ4v) is 0.612. The van der Waals surface area contributed by atoms with Crippen LogP contribution in [0, 0.1) is 0 Å². The molecule has 0 saturated heterocycles. The van der Waals surface area contributed by atoms with E-state index in [2.05, 4.69) is 4.31 Å². The average Bonchev–Trinajstić information content (AvgIpc) is 1.85. The molecule has 0 heterocycles. The van der Waals surface area contributed by atoms with Crippen LogP contribution >= 0.6 is 28.1 Å². The van der Waals surface area contributed by atoms with E-state index in [9.17, 15) is 18.9 Å². The Bertz CT molecular complexity index is 119. The Morgan fingerprint density at radius 3 is 1.58 bits per heavy atom. The summed E-state index contributed by atoms with van der Waals surface area (Å²) in [5, 5.41) is 7.74. The molecule has 78 valence electrons. The first kappa shape index (κ1) is 18.9. The maximum absolute atomic E-state index is 9.29. The van der Waals surface area contributed by atoms with Crippen LogP contribution < -0.4 is 9.79 Å². The van der Waals surface area contributed by atoms with Gasteiger partial charge in [0.05, 0.1) is 6.61 Å². The molecule has 0 spiro atoms. The first-order valence-electron chi connectivity index (χ1n) is 2.31. The summed E-state index contributed by atoms with van der Waals surface area (Å²) in [6, 6.07) is 0. The zero-order chi connectivity index (χ0) is 9.28. The van der Waals surface area contributed by atoms with Gasteiger partial charge in [0.1, 0.15) is 16.5 Å². The average molecular weight is 331 g/mol. The zero-order valence-corrected chi connectivity index (χ0v) is 9.91. The number of hydrogen-bond acceptors (Lipinski definition) is 6. The minimum atomic E-state index is -3.51. The maximum Gasteiger partial charge on any atom is 2.00 e. The van der Waals surface area contributed by atoms with Crippen molar-refractivity contribution in [1.82, 2.24) is 0 Å². The third-order valence-electron chi connectivity index (χ3n) is 0.251. The monoisotopic (exact) mass is 330 g/mol. The number of alkyl halides is 1. The van der Waals surface area contributed by atoms with Crippen LogP contribution in [0.5, 0.6) is 0 Å².